The standard InChI is InChI=1S/C18H29N3O2S/c1-15-11-16(2)13-21(12-15)24(22,23)19-8-10-20-9-7-17-5-3-4-6-18(17)14-20/h3-6,15-16,19H,7-14H2,1-2H3. The van der Waals surface area contributed by atoms with E-state index in [0.717, 1.165) is 32.5 Å². The average molecular weight is 352 g/mol. The van der Waals surface area contributed by atoms with Crippen molar-refractivity contribution in [2.75, 3.05) is 32.7 Å². The molecule has 0 aromatic heterocycles. The number of rotatable bonds is 5. The Morgan fingerprint density at radius 2 is 1.79 bits per heavy atom. The van der Waals surface area contributed by atoms with Crippen LogP contribution in [0.5, 0.6) is 0 Å². The van der Waals surface area contributed by atoms with E-state index in [1.54, 1.807) is 4.31 Å². The second-order valence-corrected chi connectivity index (χ2v) is 9.21. The summed E-state index contributed by atoms with van der Waals surface area (Å²) in [6.45, 7) is 8.67. The van der Waals surface area contributed by atoms with Gasteiger partial charge in [-0.1, -0.05) is 38.1 Å². The van der Waals surface area contributed by atoms with Crippen molar-refractivity contribution in [2.24, 2.45) is 11.8 Å². The summed E-state index contributed by atoms with van der Waals surface area (Å²) in [6.07, 6.45) is 2.16. The Bertz CT molecular complexity index is 652. The average Bonchev–Trinajstić information content (AvgIpc) is 2.54. The summed E-state index contributed by atoms with van der Waals surface area (Å²) in [5.41, 5.74) is 2.79. The maximum atomic E-state index is 12.5. The second-order valence-electron chi connectivity index (χ2n) is 7.46. The molecule has 2 atom stereocenters. The van der Waals surface area contributed by atoms with Crippen molar-refractivity contribution < 1.29 is 8.42 Å². The normalized spacial score (nSPS) is 26.2. The van der Waals surface area contributed by atoms with Gasteiger partial charge in [-0.3, -0.25) is 4.90 Å². The monoisotopic (exact) mass is 351 g/mol. The molecule has 0 amide bonds. The van der Waals surface area contributed by atoms with E-state index >= 15 is 0 Å². The molecule has 2 heterocycles. The molecule has 6 heteroatoms. The molecule has 3 rings (SSSR count). The summed E-state index contributed by atoms with van der Waals surface area (Å²) in [5.74, 6) is 0.868. The summed E-state index contributed by atoms with van der Waals surface area (Å²) in [6, 6.07) is 8.52. The van der Waals surface area contributed by atoms with Gasteiger partial charge in [-0.25, -0.2) is 4.72 Å². The van der Waals surface area contributed by atoms with E-state index in [9.17, 15) is 8.42 Å². The fraction of sp³-hybridized carbons (Fsp3) is 0.667. The largest absolute Gasteiger partial charge is 0.297 e. The van der Waals surface area contributed by atoms with Crippen LogP contribution in [0.1, 0.15) is 31.4 Å². The Balaban J connectivity index is 1.49. The van der Waals surface area contributed by atoms with Crippen LogP contribution >= 0.6 is 0 Å². The van der Waals surface area contributed by atoms with Crippen LogP contribution in [0.25, 0.3) is 0 Å². The summed E-state index contributed by atoms with van der Waals surface area (Å²) in [5, 5.41) is 0. The van der Waals surface area contributed by atoms with Gasteiger partial charge in [-0.15, -0.1) is 0 Å². The lowest BCUT2D eigenvalue weighted by Gasteiger charge is -2.34. The number of nitrogens with zero attached hydrogens (tertiary/aromatic N) is 2. The first-order valence-corrected chi connectivity index (χ1v) is 10.4. The van der Waals surface area contributed by atoms with Gasteiger partial charge in [-0.05, 0) is 35.8 Å². The highest BCUT2D eigenvalue weighted by Gasteiger charge is 2.30. The topological polar surface area (TPSA) is 52.7 Å². The Morgan fingerprint density at radius 3 is 2.50 bits per heavy atom. The number of hydrogen-bond donors (Lipinski definition) is 1. The first kappa shape index (κ1) is 17.9. The van der Waals surface area contributed by atoms with Crippen molar-refractivity contribution in [3.63, 3.8) is 0 Å². The molecule has 0 bridgehead atoms. The Hall–Kier alpha value is -0.950. The number of nitrogens with one attached hydrogen (secondary N) is 1. The number of fused-ring (bicyclic) bond motifs is 1. The maximum Gasteiger partial charge on any atom is 0.279 e. The van der Waals surface area contributed by atoms with Crippen molar-refractivity contribution in [3.8, 4) is 0 Å². The molecule has 0 saturated carbocycles. The fourth-order valence-electron chi connectivity index (χ4n) is 3.97. The summed E-state index contributed by atoms with van der Waals surface area (Å²) in [7, 11) is -3.35. The van der Waals surface area contributed by atoms with E-state index < -0.39 is 10.2 Å². The molecule has 2 unspecified atom stereocenters. The number of piperidine rings is 1. The second kappa shape index (κ2) is 7.52. The van der Waals surface area contributed by atoms with Gasteiger partial charge in [0.25, 0.3) is 10.2 Å². The minimum absolute atomic E-state index is 0.434. The lowest BCUT2D eigenvalue weighted by molar-refractivity contribution is 0.219. The Kier molecular flexibility index (Phi) is 5.59. The van der Waals surface area contributed by atoms with Gasteiger partial charge in [0.05, 0.1) is 0 Å². The highest BCUT2D eigenvalue weighted by Crippen LogP contribution is 2.22. The molecule has 1 N–H and O–H groups in total. The molecule has 2 aliphatic heterocycles. The highest BCUT2D eigenvalue weighted by atomic mass is 32.2. The van der Waals surface area contributed by atoms with Crippen LogP contribution < -0.4 is 4.72 Å². The van der Waals surface area contributed by atoms with Gasteiger partial charge in [-0.2, -0.15) is 12.7 Å². The highest BCUT2D eigenvalue weighted by molar-refractivity contribution is 7.87. The van der Waals surface area contributed by atoms with Crippen LogP contribution in [0.2, 0.25) is 0 Å². The molecule has 1 fully saturated rings. The van der Waals surface area contributed by atoms with Crippen LogP contribution in [0.15, 0.2) is 24.3 Å². The number of hydrogen-bond acceptors (Lipinski definition) is 3. The van der Waals surface area contributed by atoms with Crippen LogP contribution in [0.3, 0.4) is 0 Å². The summed E-state index contributed by atoms with van der Waals surface area (Å²) < 4.78 is 29.4. The third-order valence-corrected chi connectivity index (χ3v) is 6.64. The smallest absolute Gasteiger partial charge is 0.279 e. The molecule has 5 nitrogen and oxygen atoms in total. The molecular weight excluding hydrogens is 322 g/mol. The van der Waals surface area contributed by atoms with Gasteiger partial charge < -0.3 is 0 Å². The minimum Gasteiger partial charge on any atom is -0.297 e. The predicted molar refractivity (Wildman–Crippen MR) is 96.9 cm³/mol. The van der Waals surface area contributed by atoms with E-state index in [2.05, 4.69) is 47.7 Å². The molecule has 134 valence electrons. The lowest BCUT2D eigenvalue weighted by Crippen LogP contribution is -2.49. The van der Waals surface area contributed by atoms with Gasteiger partial charge in [0, 0.05) is 39.3 Å². The number of benzene rings is 1. The van der Waals surface area contributed by atoms with Crippen LogP contribution in [0, 0.1) is 11.8 Å². The van der Waals surface area contributed by atoms with Crippen molar-refractivity contribution >= 4 is 10.2 Å². The first-order valence-electron chi connectivity index (χ1n) is 8.98. The van der Waals surface area contributed by atoms with Crippen LogP contribution in [-0.2, 0) is 23.2 Å². The molecule has 1 aromatic rings. The van der Waals surface area contributed by atoms with E-state index in [1.165, 1.54) is 11.1 Å². The molecule has 1 saturated heterocycles. The van der Waals surface area contributed by atoms with E-state index in [0.29, 0.717) is 31.5 Å². The summed E-state index contributed by atoms with van der Waals surface area (Å²) in [4.78, 5) is 2.33. The molecule has 0 radical (unpaired) electrons. The molecule has 2 aliphatic rings. The Labute approximate surface area is 146 Å². The lowest BCUT2D eigenvalue weighted by atomic mass is 9.94. The van der Waals surface area contributed by atoms with E-state index in [-0.39, 0.29) is 0 Å². The molecule has 0 aliphatic carbocycles. The fourth-order valence-corrected chi connectivity index (χ4v) is 5.40. The predicted octanol–water partition coefficient (Wildman–Crippen LogP) is 1.86. The van der Waals surface area contributed by atoms with Gasteiger partial charge in [0.2, 0.25) is 0 Å². The van der Waals surface area contributed by atoms with Crippen molar-refractivity contribution in [1.82, 2.24) is 13.9 Å². The maximum absolute atomic E-state index is 12.5. The van der Waals surface area contributed by atoms with E-state index in [1.807, 2.05) is 0 Å². The molecule has 0 spiro atoms. The minimum atomic E-state index is -3.35. The third kappa shape index (κ3) is 4.36. The third-order valence-electron chi connectivity index (χ3n) is 5.10. The van der Waals surface area contributed by atoms with E-state index in [4.69, 9.17) is 0 Å². The molecule has 1 aromatic carbocycles. The first-order chi connectivity index (χ1) is 11.4. The van der Waals surface area contributed by atoms with Crippen molar-refractivity contribution in [1.29, 1.82) is 0 Å². The van der Waals surface area contributed by atoms with Gasteiger partial charge >= 0.3 is 0 Å². The van der Waals surface area contributed by atoms with Crippen molar-refractivity contribution in [3.05, 3.63) is 35.4 Å². The van der Waals surface area contributed by atoms with Gasteiger partial charge in [0.1, 0.15) is 0 Å². The zero-order valence-electron chi connectivity index (χ0n) is 14.7. The Morgan fingerprint density at radius 1 is 1.12 bits per heavy atom. The molecular formula is C18H29N3O2S. The quantitative estimate of drug-likeness (QED) is 0.881. The SMILES string of the molecule is CC1CC(C)CN(S(=O)(=O)NCCN2CCc3ccccc3C2)C1. The summed E-state index contributed by atoms with van der Waals surface area (Å²) >= 11 is 0. The molecule has 24 heavy (non-hydrogen) atoms. The van der Waals surface area contributed by atoms with Gasteiger partial charge in [0.15, 0.2) is 0 Å². The zero-order chi connectivity index (χ0) is 17.2. The van der Waals surface area contributed by atoms with Crippen molar-refractivity contribution in [2.45, 2.75) is 33.2 Å². The zero-order valence-corrected chi connectivity index (χ0v) is 15.6. The van der Waals surface area contributed by atoms with Crippen LogP contribution in [-0.4, -0.2) is 50.3 Å². The van der Waals surface area contributed by atoms with Crippen LogP contribution in [0.4, 0.5) is 0 Å².